The molecular weight excluding hydrogens is 427 g/mol. The monoisotopic (exact) mass is 462 g/mol. The Kier molecular flexibility index (Phi) is 9.02. The molecule has 2 aromatic carbocycles. The van der Waals surface area contributed by atoms with Gasteiger partial charge in [0.05, 0.1) is 5.56 Å². The van der Waals surface area contributed by atoms with Crippen molar-refractivity contribution in [1.82, 2.24) is 9.97 Å². The molecule has 0 radical (unpaired) electrons. The van der Waals surface area contributed by atoms with E-state index in [0.717, 1.165) is 43.3 Å². The van der Waals surface area contributed by atoms with Gasteiger partial charge in [0.2, 0.25) is 0 Å². The molecule has 0 aliphatic carbocycles. The lowest BCUT2D eigenvalue weighted by Crippen LogP contribution is -2.21. The van der Waals surface area contributed by atoms with E-state index < -0.39 is 0 Å². The zero-order valence-electron chi connectivity index (χ0n) is 20.6. The van der Waals surface area contributed by atoms with Gasteiger partial charge in [-0.25, -0.2) is 14.4 Å². The van der Waals surface area contributed by atoms with Crippen LogP contribution in [0, 0.1) is 5.82 Å². The SMILES string of the molecule is CCCCC(CC)Nc1ncnc(N)c1/C(=C(\C)CC)c1ccc(Oc2ccccc2)cc1F. The molecule has 1 atom stereocenters. The summed E-state index contributed by atoms with van der Waals surface area (Å²) in [6, 6.07) is 14.5. The molecule has 0 aliphatic rings. The summed E-state index contributed by atoms with van der Waals surface area (Å²) in [5.74, 6) is 1.67. The summed E-state index contributed by atoms with van der Waals surface area (Å²) in [5, 5.41) is 3.55. The summed E-state index contributed by atoms with van der Waals surface area (Å²) in [5.41, 5.74) is 9.20. The summed E-state index contributed by atoms with van der Waals surface area (Å²) >= 11 is 0. The average Bonchev–Trinajstić information content (AvgIpc) is 2.84. The van der Waals surface area contributed by atoms with Gasteiger partial charge in [-0.2, -0.15) is 0 Å². The zero-order chi connectivity index (χ0) is 24.5. The molecule has 5 nitrogen and oxygen atoms in total. The normalized spacial score (nSPS) is 12.7. The average molecular weight is 463 g/mol. The molecule has 6 heteroatoms. The third-order valence-corrected chi connectivity index (χ3v) is 6.01. The molecule has 1 unspecified atom stereocenters. The number of rotatable bonds is 11. The van der Waals surface area contributed by atoms with Gasteiger partial charge < -0.3 is 15.8 Å². The van der Waals surface area contributed by atoms with E-state index in [1.54, 1.807) is 12.1 Å². The Morgan fingerprint density at radius 1 is 1.06 bits per heavy atom. The van der Waals surface area contributed by atoms with E-state index in [0.29, 0.717) is 34.3 Å². The molecule has 0 bridgehead atoms. The first kappa shape index (κ1) is 25.2. The first-order valence-corrected chi connectivity index (χ1v) is 12.1. The van der Waals surface area contributed by atoms with Crippen molar-refractivity contribution in [1.29, 1.82) is 0 Å². The number of nitrogens with one attached hydrogen (secondary N) is 1. The highest BCUT2D eigenvalue weighted by atomic mass is 19.1. The summed E-state index contributed by atoms with van der Waals surface area (Å²) in [6.07, 6.45) is 6.42. The third kappa shape index (κ3) is 6.13. The van der Waals surface area contributed by atoms with E-state index in [-0.39, 0.29) is 11.9 Å². The highest BCUT2D eigenvalue weighted by Gasteiger charge is 2.22. The van der Waals surface area contributed by atoms with Crippen LogP contribution < -0.4 is 15.8 Å². The minimum Gasteiger partial charge on any atom is -0.457 e. The van der Waals surface area contributed by atoms with Crippen LogP contribution in [-0.2, 0) is 0 Å². The quantitative estimate of drug-likeness (QED) is 0.307. The van der Waals surface area contributed by atoms with Gasteiger partial charge in [-0.1, -0.05) is 57.4 Å². The lowest BCUT2D eigenvalue weighted by Gasteiger charge is -2.22. The Bertz CT molecular complexity index is 1110. The summed E-state index contributed by atoms with van der Waals surface area (Å²) < 4.78 is 21.3. The van der Waals surface area contributed by atoms with Crippen LogP contribution in [0.5, 0.6) is 11.5 Å². The standard InChI is InChI=1S/C28H35FN4O/c1-5-8-12-20(7-3)33-28-26(27(30)31-18-32-28)25(19(4)6-2)23-16-15-22(17-24(23)29)34-21-13-10-9-11-14-21/h9-11,13-18,20H,5-8,12H2,1-4H3,(H3,30,31,32,33)/b25-19+. The molecule has 3 aromatic rings. The van der Waals surface area contributed by atoms with Gasteiger partial charge >= 0.3 is 0 Å². The van der Waals surface area contributed by atoms with Gasteiger partial charge in [0, 0.05) is 17.7 Å². The Balaban J connectivity index is 2.04. The number of unbranched alkanes of at least 4 members (excludes halogenated alkanes) is 1. The first-order chi connectivity index (χ1) is 16.5. The van der Waals surface area contributed by atoms with E-state index in [1.807, 2.05) is 44.2 Å². The second kappa shape index (κ2) is 12.2. The number of nitrogens with two attached hydrogens (primary N) is 1. The molecule has 1 heterocycles. The number of anilines is 2. The third-order valence-electron chi connectivity index (χ3n) is 6.01. The Morgan fingerprint density at radius 3 is 2.47 bits per heavy atom. The number of aromatic nitrogens is 2. The van der Waals surface area contributed by atoms with Crippen LogP contribution in [0.3, 0.4) is 0 Å². The van der Waals surface area contributed by atoms with Crippen molar-refractivity contribution >= 4 is 17.2 Å². The number of para-hydroxylation sites is 1. The fraction of sp³-hybridized carbons (Fsp3) is 0.357. The van der Waals surface area contributed by atoms with Crippen molar-refractivity contribution in [3.05, 3.63) is 77.4 Å². The summed E-state index contributed by atoms with van der Waals surface area (Å²) in [6.45, 7) is 8.37. The molecular formula is C28H35FN4O. The molecule has 1 aromatic heterocycles. The van der Waals surface area contributed by atoms with Gasteiger partial charge in [-0.3, -0.25) is 0 Å². The van der Waals surface area contributed by atoms with Gasteiger partial charge in [-0.05, 0) is 56.0 Å². The fourth-order valence-corrected chi connectivity index (χ4v) is 3.92. The molecule has 34 heavy (non-hydrogen) atoms. The van der Waals surface area contributed by atoms with E-state index in [1.165, 1.54) is 12.4 Å². The van der Waals surface area contributed by atoms with Crippen molar-refractivity contribution in [3.63, 3.8) is 0 Å². The number of hydrogen-bond donors (Lipinski definition) is 2. The second-order valence-corrected chi connectivity index (χ2v) is 8.44. The van der Waals surface area contributed by atoms with Gasteiger partial charge in [-0.15, -0.1) is 0 Å². The number of allylic oxidation sites excluding steroid dienone is 1. The maximum absolute atomic E-state index is 15.5. The van der Waals surface area contributed by atoms with Crippen LogP contribution in [0.4, 0.5) is 16.0 Å². The predicted octanol–water partition coefficient (Wildman–Crippen LogP) is 7.60. The van der Waals surface area contributed by atoms with Crippen LogP contribution in [0.1, 0.15) is 70.9 Å². The lowest BCUT2D eigenvalue weighted by molar-refractivity contribution is 0.476. The van der Waals surface area contributed by atoms with Crippen molar-refractivity contribution in [3.8, 4) is 11.5 Å². The smallest absolute Gasteiger partial charge is 0.139 e. The maximum atomic E-state index is 15.5. The van der Waals surface area contributed by atoms with Crippen molar-refractivity contribution in [2.45, 2.75) is 65.8 Å². The minimum atomic E-state index is -0.386. The molecule has 3 rings (SSSR count). The molecule has 3 N–H and O–H groups in total. The lowest BCUT2D eigenvalue weighted by atomic mass is 9.92. The van der Waals surface area contributed by atoms with Gasteiger partial charge in [0.15, 0.2) is 0 Å². The number of benzene rings is 2. The van der Waals surface area contributed by atoms with E-state index in [2.05, 4.69) is 29.1 Å². The van der Waals surface area contributed by atoms with E-state index >= 15 is 4.39 Å². The van der Waals surface area contributed by atoms with Gasteiger partial charge in [0.25, 0.3) is 0 Å². The van der Waals surface area contributed by atoms with Crippen molar-refractivity contribution in [2.24, 2.45) is 0 Å². The molecule has 0 saturated carbocycles. The Labute approximate surface area is 202 Å². The number of halogens is 1. The topological polar surface area (TPSA) is 73.1 Å². The summed E-state index contributed by atoms with van der Waals surface area (Å²) in [4.78, 5) is 8.76. The maximum Gasteiger partial charge on any atom is 0.139 e. The van der Waals surface area contributed by atoms with Crippen molar-refractivity contribution in [2.75, 3.05) is 11.1 Å². The van der Waals surface area contributed by atoms with Gasteiger partial charge in [0.1, 0.15) is 35.3 Å². The predicted molar refractivity (Wildman–Crippen MR) is 139 cm³/mol. The molecule has 0 saturated heterocycles. The summed E-state index contributed by atoms with van der Waals surface area (Å²) in [7, 11) is 0. The van der Waals surface area contributed by atoms with Crippen LogP contribution in [-0.4, -0.2) is 16.0 Å². The van der Waals surface area contributed by atoms with Crippen LogP contribution in [0.25, 0.3) is 5.57 Å². The van der Waals surface area contributed by atoms with Crippen LogP contribution >= 0.6 is 0 Å². The zero-order valence-corrected chi connectivity index (χ0v) is 20.6. The molecule has 0 fully saturated rings. The highest BCUT2D eigenvalue weighted by Crippen LogP contribution is 2.38. The number of hydrogen-bond acceptors (Lipinski definition) is 5. The number of nitrogen functional groups attached to an aromatic ring is 1. The van der Waals surface area contributed by atoms with Crippen LogP contribution in [0.15, 0.2) is 60.4 Å². The molecule has 0 amide bonds. The second-order valence-electron chi connectivity index (χ2n) is 8.44. The first-order valence-electron chi connectivity index (χ1n) is 12.1. The number of ether oxygens (including phenoxy) is 1. The number of nitrogens with zero attached hydrogens (tertiary/aromatic N) is 2. The largest absolute Gasteiger partial charge is 0.457 e. The van der Waals surface area contributed by atoms with E-state index in [9.17, 15) is 0 Å². The van der Waals surface area contributed by atoms with Crippen molar-refractivity contribution < 1.29 is 9.13 Å². The Morgan fingerprint density at radius 2 is 1.82 bits per heavy atom. The molecule has 0 spiro atoms. The molecule has 0 aliphatic heterocycles. The Hall–Kier alpha value is -3.41. The van der Waals surface area contributed by atoms with E-state index in [4.69, 9.17) is 10.5 Å². The molecule has 180 valence electrons. The van der Waals surface area contributed by atoms with Crippen LogP contribution in [0.2, 0.25) is 0 Å². The minimum absolute atomic E-state index is 0.252. The fourth-order valence-electron chi connectivity index (χ4n) is 3.92. The highest BCUT2D eigenvalue weighted by molar-refractivity contribution is 5.91.